The Balaban J connectivity index is 2.09. The molecule has 1 aromatic rings. The van der Waals surface area contributed by atoms with Gasteiger partial charge in [0.05, 0.1) is 11.6 Å². The van der Waals surface area contributed by atoms with Crippen LogP contribution in [0.1, 0.15) is 6.92 Å². The lowest BCUT2D eigenvalue weighted by molar-refractivity contribution is 0.0386. The Morgan fingerprint density at radius 1 is 1.57 bits per heavy atom. The van der Waals surface area contributed by atoms with Crippen molar-refractivity contribution in [2.75, 3.05) is 20.2 Å². The second kappa shape index (κ2) is 3.72. The van der Waals surface area contributed by atoms with Gasteiger partial charge < -0.3 is 14.8 Å². The van der Waals surface area contributed by atoms with Crippen LogP contribution in [0.5, 0.6) is 10.1 Å². The van der Waals surface area contributed by atoms with Gasteiger partial charge in [-0.3, -0.25) is 0 Å². The first kappa shape index (κ1) is 10.3. The molecule has 5 heteroatoms. The van der Waals surface area contributed by atoms with Gasteiger partial charge in [0, 0.05) is 19.2 Å². The van der Waals surface area contributed by atoms with E-state index in [-0.39, 0.29) is 5.60 Å². The molecule has 0 aromatic carbocycles. The zero-order valence-electron chi connectivity index (χ0n) is 8.09. The van der Waals surface area contributed by atoms with Gasteiger partial charge in [-0.15, -0.1) is 0 Å². The summed E-state index contributed by atoms with van der Waals surface area (Å²) in [6, 6.07) is 1.95. The van der Waals surface area contributed by atoms with Crippen LogP contribution in [-0.4, -0.2) is 25.8 Å². The van der Waals surface area contributed by atoms with E-state index in [0.717, 1.165) is 27.7 Å². The second-order valence-electron chi connectivity index (χ2n) is 3.56. The summed E-state index contributed by atoms with van der Waals surface area (Å²) in [5.74, 6) is 0. The molecule has 0 saturated carbocycles. The van der Waals surface area contributed by atoms with Crippen molar-refractivity contribution in [2.24, 2.45) is 0 Å². The molecule has 1 aliphatic heterocycles. The van der Waals surface area contributed by atoms with E-state index in [0.29, 0.717) is 0 Å². The number of methoxy groups -OCH3 is 1. The average Bonchev–Trinajstić information content (AvgIpc) is 2.43. The van der Waals surface area contributed by atoms with E-state index in [2.05, 4.69) is 28.2 Å². The molecule has 2 heterocycles. The fraction of sp³-hybridized carbons (Fsp3) is 0.556. The van der Waals surface area contributed by atoms with Gasteiger partial charge in [0.15, 0.2) is 10.1 Å². The fourth-order valence-corrected chi connectivity index (χ4v) is 2.92. The predicted molar refractivity (Wildman–Crippen MR) is 60.5 cm³/mol. The molecule has 0 amide bonds. The molecule has 1 saturated heterocycles. The van der Waals surface area contributed by atoms with E-state index in [9.17, 15) is 0 Å². The summed E-state index contributed by atoms with van der Waals surface area (Å²) in [5, 5.41) is 4.95. The molecule has 0 radical (unpaired) electrons. The molecule has 0 spiro atoms. The van der Waals surface area contributed by atoms with Crippen molar-refractivity contribution in [3.8, 4) is 10.1 Å². The van der Waals surface area contributed by atoms with Crippen molar-refractivity contribution in [1.82, 2.24) is 5.32 Å². The molecule has 1 aromatic heterocycles. The molecular weight excluding hydrogens is 266 g/mol. The van der Waals surface area contributed by atoms with E-state index < -0.39 is 0 Å². The summed E-state index contributed by atoms with van der Waals surface area (Å²) in [6.45, 7) is 3.92. The van der Waals surface area contributed by atoms with Crippen molar-refractivity contribution in [3.63, 3.8) is 0 Å². The van der Waals surface area contributed by atoms with Gasteiger partial charge in [0.25, 0.3) is 0 Å². The molecule has 0 atom stereocenters. The molecular formula is C9H12BrNO2S. The average molecular weight is 278 g/mol. The minimum absolute atomic E-state index is 0.0463. The first-order chi connectivity index (χ1) is 6.63. The monoisotopic (exact) mass is 277 g/mol. The van der Waals surface area contributed by atoms with Crippen molar-refractivity contribution in [2.45, 2.75) is 12.5 Å². The minimum Gasteiger partial charge on any atom is -0.486 e. The molecule has 2 rings (SSSR count). The maximum atomic E-state index is 5.85. The highest BCUT2D eigenvalue weighted by Gasteiger charge is 2.34. The Kier molecular flexibility index (Phi) is 2.72. The number of halogens is 1. The van der Waals surface area contributed by atoms with Gasteiger partial charge in [-0.05, 0) is 22.9 Å². The summed E-state index contributed by atoms with van der Waals surface area (Å²) in [4.78, 5) is 0. The largest absolute Gasteiger partial charge is 0.486 e. The lowest BCUT2D eigenvalue weighted by Gasteiger charge is -2.38. The Morgan fingerprint density at radius 3 is 2.71 bits per heavy atom. The van der Waals surface area contributed by atoms with Gasteiger partial charge >= 0.3 is 0 Å². The Labute approximate surface area is 95.5 Å². The van der Waals surface area contributed by atoms with E-state index in [1.165, 1.54) is 11.3 Å². The Bertz CT molecular complexity index is 336. The van der Waals surface area contributed by atoms with Crippen LogP contribution >= 0.6 is 27.3 Å². The topological polar surface area (TPSA) is 30.5 Å². The van der Waals surface area contributed by atoms with E-state index in [1.807, 2.05) is 6.07 Å². The molecule has 0 unspecified atom stereocenters. The van der Waals surface area contributed by atoms with Gasteiger partial charge in [-0.2, -0.15) is 0 Å². The molecule has 14 heavy (non-hydrogen) atoms. The lowest BCUT2D eigenvalue weighted by Crippen LogP contribution is -2.60. The number of rotatable bonds is 3. The standard InChI is InChI=1S/C9H12BrNO2S/c1-9(4-11-5-9)13-7-3-6(10)8(12-2)14-7/h3,11H,4-5H2,1-2H3. The maximum absolute atomic E-state index is 5.85. The summed E-state index contributed by atoms with van der Waals surface area (Å²) >= 11 is 4.93. The highest BCUT2D eigenvalue weighted by molar-refractivity contribution is 9.10. The van der Waals surface area contributed by atoms with Crippen LogP contribution in [0.25, 0.3) is 0 Å². The van der Waals surface area contributed by atoms with Crippen LogP contribution in [0, 0.1) is 0 Å². The summed E-state index contributed by atoms with van der Waals surface area (Å²) in [5.41, 5.74) is -0.0463. The van der Waals surface area contributed by atoms with Gasteiger partial charge in [-0.1, -0.05) is 11.3 Å². The third-order valence-electron chi connectivity index (χ3n) is 2.16. The summed E-state index contributed by atoms with van der Waals surface area (Å²) in [6.07, 6.45) is 0. The number of ether oxygens (including phenoxy) is 2. The molecule has 1 fully saturated rings. The van der Waals surface area contributed by atoms with Crippen LogP contribution in [0.2, 0.25) is 0 Å². The van der Waals surface area contributed by atoms with Crippen molar-refractivity contribution in [1.29, 1.82) is 0 Å². The molecule has 0 aliphatic carbocycles. The molecule has 0 bridgehead atoms. The van der Waals surface area contributed by atoms with Crippen molar-refractivity contribution >= 4 is 27.3 Å². The molecule has 78 valence electrons. The first-order valence-electron chi connectivity index (χ1n) is 4.36. The van der Waals surface area contributed by atoms with Crippen LogP contribution < -0.4 is 14.8 Å². The van der Waals surface area contributed by atoms with Gasteiger partial charge in [-0.25, -0.2) is 0 Å². The first-order valence-corrected chi connectivity index (χ1v) is 5.97. The maximum Gasteiger partial charge on any atom is 0.191 e. The number of hydrogen-bond donors (Lipinski definition) is 1. The molecule has 1 aliphatic rings. The van der Waals surface area contributed by atoms with Gasteiger partial charge in [0.2, 0.25) is 0 Å². The highest BCUT2D eigenvalue weighted by Crippen LogP contribution is 2.41. The van der Waals surface area contributed by atoms with Gasteiger partial charge in [0.1, 0.15) is 5.60 Å². The molecule has 1 N–H and O–H groups in total. The highest BCUT2D eigenvalue weighted by atomic mass is 79.9. The zero-order chi connectivity index (χ0) is 10.2. The smallest absolute Gasteiger partial charge is 0.191 e. The van der Waals surface area contributed by atoms with E-state index in [1.54, 1.807) is 7.11 Å². The summed E-state index contributed by atoms with van der Waals surface area (Å²) in [7, 11) is 1.66. The Morgan fingerprint density at radius 2 is 2.29 bits per heavy atom. The minimum atomic E-state index is -0.0463. The quantitative estimate of drug-likeness (QED) is 0.920. The van der Waals surface area contributed by atoms with Crippen LogP contribution in [0.4, 0.5) is 0 Å². The van der Waals surface area contributed by atoms with Crippen LogP contribution in [0.3, 0.4) is 0 Å². The van der Waals surface area contributed by atoms with E-state index in [4.69, 9.17) is 9.47 Å². The third kappa shape index (κ3) is 1.89. The van der Waals surface area contributed by atoms with Crippen molar-refractivity contribution < 1.29 is 9.47 Å². The SMILES string of the molecule is COc1sc(OC2(C)CNC2)cc1Br. The summed E-state index contributed by atoms with van der Waals surface area (Å²) < 4.78 is 12.0. The third-order valence-corrected chi connectivity index (χ3v) is 3.99. The lowest BCUT2D eigenvalue weighted by atomic mass is 10.0. The van der Waals surface area contributed by atoms with Crippen LogP contribution in [0.15, 0.2) is 10.5 Å². The van der Waals surface area contributed by atoms with E-state index >= 15 is 0 Å². The van der Waals surface area contributed by atoms with Crippen LogP contribution in [-0.2, 0) is 0 Å². The normalized spacial score (nSPS) is 18.8. The predicted octanol–water partition coefficient (Wildman–Crippen LogP) is 2.26. The zero-order valence-corrected chi connectivity index (χ0v) is 10.5. The number of thiophene rings is 1. The fourth-order valence-electron chi connectivity index (χ4n) is 1.31. The van der Waals surface area contributed by atoms with Crippen molar-refractivity contribution in [3.05, 3.63) is 10.5 Å². The molecule has 3 nitrogen and oxygen atoms in total. The Hall–Kier alpha value is -0.260. The number of hydrogen-bond acceptors (Lipinski definition) is 4. The second-order valence-corrected chi connectivity index (χ2v) is 5.39. The number of nitrogens with one attached hydrogen (secondary N) is 1.